The summed E-state index contributed by atoms with van der Waals surface area (Å²) >= 11 is 1.01. The predicted molar refractivity (Wildman–Crippen MR) is 161 cm³/mol. The molecule has 42 heavy (non-hydrogen) atoms. The molecule has 1 unspecified atom stereocenters. The number of carbonyl (C=O) groups excluding carboxylic acids is 2. The number of esters is 1. The molecule has 1 atom stereocenters. The lowest BCUT2D eigenvalue weighted by Gasteiger charge is -2.23. The van der Waals surface area contributed by atoms with Gasteiger partial charge in [0.15, 0.2) is 22.1 Å². The molecule has 0 N–H and O–H groups in total. The first-order valence-electron chi connectivity index (χ1n) is 13.5. The van der Waals surface area contributed by atoms with Crippen molar-refractivity contribution in [3.05, 3.63) is 91.8 Å². The Morgan fingerprint density at radius 2 is 1.88 bits per heavy atom. The Kier molecular flexibility index (Phi) is 7.92. The number of fused-ring (bicyclic) bond motifs is 2. The highest BCUT2D eigenvalue weighted by atomic mass is 32.1. The lowest BCUT2D eigenvalue weighted by atomic mass is 9.97. The highest BCUT2D eigenvalue weighted by molar-refractivity contribution is 7.17. The van der Waals surface area contributed by atoms with E-state index in [2.05, 4.69) is 11.6 Å². The first-order chi connectivity index (χ1) is 20.0. The molecule has 1 aliphatic heterocycles. The van der Waals surface area contributed by atoms with Crippen LogP contribution in [0.25, 0.3) is 11.0 Å². The van der Waals surface area contributed by atoms with Crippen LogP contribution in [0.3, 0.4) is 0 Å². The monoisotopic (exact) mass is 588 g/mol. The second-order valence-corrected chi connectivity index (χ2v) is 11.6. The predicted octanol–water partition coefficient (Wildman–Crippen LogP) is 6.31. The molecule has 0 bridgehead atoms. The fraction of sp³-hybridized carbons (Fsp3) is 0.312. The lowest BCUT2D eigenvalue weighted by molar-refractivity contribution is 0.0554. The van der Waals surface area contributed by atoms with E-state index in [1.54, 1.807) is 37.3 Å². The number of hydrogen-bond acceptors (Lipinski definition) is 9. The van der Waals surface area contributed by atoms with Crippen molar-refractivity contribution < 1.29 is 28.2 Å². The number of aryl methyl sites for hydroxylation is 3. The van der Waals surface area contributed by atoms with E-state index >= 15 is 0 Å². The second-order valence-electron chi connectivity index (χ2n) is 10.6. The van der Waals surface area contributed by atoms with Crippen molar-refractivity contribution in [1.82, 2.24) is 4.98 Å². The third-order valence-corrected chi connectivity index (χ3v) is 8.21. The van der Waals surface area contributed by atoms with E-state index < -0.39 is 17.9 Å². The average Bonchev–Trinajstić information content (AvgIpc) is 3.48. The number of nitrogens with zero attached hydrogens (tertiary/aromatic N) is 2. The molecule has 0 fully saturated rings. The zero-order chi connectivity index (χ0) is 30.3. The molecule has 0 saturated heterocycles. The smallest absolute Gasteiger partial charge is 0.350 e. The van der Waals surface area contributed by atoms with Crippen molar-refractivity contribution in [1.29, 1.82) is 0 Å². The highest BCUT2D eigenvalue weighted by Crippen LogP contribution is 2.45. The van der Waals surface area contributed by atoms with Gasteiger partial charge >= 0.3 is 5.97 Å². The van der Waals surface area contributed by atoms with Crippen molar-refractivity contribution >= 4 is 39.3 Å². The van der Waals surface area contributed by atoms with Crippen LogP contribution < -0.4 is 19.8 Å². The fourth-order valence-corrected chi connectivity index (χ4v) is 5.83. The molecular weight excluding hydrogens is 556 g/mol. The van der Waals surface area contributed by atoms with Crippen molar-refractivity contribution in [2.45, 2.75) is 40.7 Å². The summed E-state index contributed by atoms with van der Waals surface area (Å²) in [6, 6.07) is 7.96. The Bertz CT molecular complexity index is 1790. The van der Waals surface area contributed by atoms with Crippen molar-refractivity contribution in [3.8, 4) is 11.5 Å². The van der Waals surface area contributed by atoms with Gasteiger partial charge in [-0.2, -0.15) is 0 Å². The summed E-state index contributed by atoms with van der Waals surface area (Å²) in [4.78, 5) is 47.1. The topological polar surface area (TPSA) is 108 Å². The number of carbonyl (C=O) groups is 2. The van der Waals surface area contributed by atoms with Crippen molar-refractivity contribution in [2.75, 3.05) is 25.2 Å². The number of methoxy groups -OCH3 is 1. The van der Waals surface area contributed by atoms with Crippen LogP contribution in [0.5, 0.6) is 11.5 Å². The Hall–Kier alpha value is -4.44. The van der Waals surface area contributed by atoms with Crippen molar-refractivity contribution in [2.24, 2.45) is 5.92 Å². The van der Waals surface area contributed by atoms with Gasteiger partial charge in [-0.15, -0.1) is 0 Å². The fourth-order valence-electron chi connectivity index (χ4n) is 4.85. The van der Waals surface area contributed by atoms with Crippen LogP contribution in [-0.2, 0) is 4.74 Å². The number of thiazole rings is 1. The number of aromatic nitrogens is 1. The SMILES string of the molecule is C=CCOC(=O)c1sc(N2C(=O)c3oc4cc(C)c(C)cc4c(=O)c3C2c2ccc(OCC(C)C)c(OC)c2)nc1C. The summed E-state index contributed by atoms with van der Waals surface area (Å²) in [6.07, 6.45) is 1.47. The highest BCUT2D eigenvalue weighted by Gasteiger charge is 2.45. The second kappa shape index (κ2) is 11.4. The maximum Gasteiger partial charge on any atom is 0.350 e. The molecule has 5 rings (SSSR count). The molecule has 0 spiro atoms. The van der Waals surface area contributed by atoms with Gasteiger partial charge < -0.3 is 18.6 Å². The number of amides is 1. The van der Waals surface area contributed by atoms with Crippen molar-refractivity contribution in [3.63, 3.8) is 0 Å². The van der Waals surface area contributed by atoms with Crippen LogP contribution in [-0.4, -0.2) is 37.2 Å². The van der Waals surface area contributed by atoms with Crippen LogP contribution in [0.4, 0.5) is 5.13 Å². The molecule has 218 valence electrons. The summed E-state index contributed by atoms with van der Waals surface area (Å²) in [6.45, 7) is 13.7. The van der Waals surface area contributed by atoms with Gasteiger partial charge in [0, 0.05) is 0 Å². The molecule has 10 heteroatoms. The van der Waals surface area contributed by atoms with E-state index in [9.17, 15) is 14.4 Å². The van der Waals surface area contributed by atoms with Crippen LogP contribution in [0, 0.1) is 26.7 Å². The molecule has 2 aromatic carbocycles. The number of rotatable bonds is 9. The van der Waals surface area contributed by atoms with Gasteiger partial charge in [-0.3, -0.25) is 14.5 Å². The van der Waals surface area contributed by atoms with E-state index in [0.717, 1.165) is 22.5 Å². The number of benzene rings is 2. The summed E-state index contributed by atoms with van der Waals surface area (Å²) in [5.74, 6) is 0.120. The first-order valence-corrected chi connectivity index (χ1v) is 14.3. The normalized spacial score (nSPS) is 14.4. The van der Waals surface area contributed by atoms with Gasteiger partial charge in [0.1, 0.15) is 17.1 Å². The maximum atomic E-state index is 14.1. The maximum absolute atomic E-state index is 14.1. The summed E-state index contributed by atoms with van der Waals surface area (Å²) < 4.78 is 22.9. The zero-order valence-electron chi connectivity index (χ0n) is 24.4. The van der Waals surface area contributed by atoms with Gasteiger partial charge in [0.05, 0.1) is 36.4 Å². The standard InChI is InChI=1S/C32H32N2O7S/c1-8-11-39-31(37)29-19(6)33-32(42-29)34-26(20-9-10-22(24(14-20)38-7)40-15-16(2)3)25-27(35)21-12-17(4)18(5)13-23(21)41-28(25)30(34)36/h8-10,12-14,16,26H,1,11,15H2,2-7H3. The molecule has 1 aliphatic rings. The molecule has 2 aromatic heterocycles. The number of anilines is 1. The molecule has 1 amide bonds. The Balaban J connectivity index is 1.71. The molecule has 0 saturated carbocycles. The van der Waals surface area contributed by atoms with E-state index in [-0.39, 0.29) is 33.4 Å². The Morgan fingerprint density at radius 3 is 2.57 bits per heavy atom. The lowest BCUT2D eigenvalue weighted by Crippen LogP contribution is -2.29. The number of ether oxygens (including phenoxy) is 3. The summed E-state index contributed by atoms with van der Waals surface area (Å²) in [5.41, 5.74) is 3.07. The molecular formula is C32H32N2O7S. The van der Waals surface area contributed by atoms with E-state index in [4.69, 9.17) is 18.6 Å². The Morgan fingerprint density at radius 1 is 1.14 bits per heavy atom. The minimum absolute atomic E-state index is 0.0388. The molecule has 0 radical (unpaired) electrons. The third-order valence-electron chi connectivity index (χ3n) is 7.07. The minimum Gasteiger partial charge on any atom is -0.493 e. The van der Waals surface area contributed by atoms with Gasteiger partial charge in [-0.1, -0.05) is 43.9 Å². The van der Waals surface area contributed by atoms with E-state index in [1.807, 2.05) is 27.7 Å². The van der Waals surface area contributed by atoms with Gasteiger partial charge in [0.2, 0.25) is 5.76 Å². The minimum atomic E-state index is -0.898. The average molecular weight is 589 g/mol. The van der Waals surface area contributed by atoms with Crippen LogP contribution in [0.1, 0.15) is 68.1 Å². The Labute approximate surface area is 247 Å². The molecule has 9 nitrogen and oxygen atoms in total. The van der Waals surface area contributed by atoms with Gasteiger partial charge in [-0.25, -0.2) is 9.78 Å². The van der Waals surface area contributed by atoms with E-state index in [1.165, 1.54) is 18.1 Å². The van der Waals surface area contributed by atoms with Crippen LogP contribution >= 0.6 is 11.3 Å². The molecule has 4 aromatic rings. The summed E-state index contributed by atoms with van der Waals surface area (Å²) in [5, 5.41) is 0.610. The van der Waals surface area contributed by atoms with Crippen LogP contribution in [0.15, 0.2) is 52.2 Å². The third kappa shape index (κ3) is 5.07. The largest absolute Gasteiger partial charge is 0.493 e. The van der Waals surface area contributed by atoms with Crippen LogP contribution in [0.2, 0.25) is 0 Å². The number of hydrogen-bond donors (Lipinski definition) is 0. The molecule has 0 aliphatic carbocycles. The quantitative estimate of drug-likeness (QED) is 0.165. The first kappa shape index (κ1) is 29.1. The van der Waals surface area contributed by atoms with E-state index in [0.29, 0.717) is 46.3 Å². The zero-order valence-corrected chi connectivity index (χ0v) is 25.2. The van der Waals surface area contributed by atoms with Gasteiger partial charge in [0.25, 0.3) is 5.91 Å². The van der Waals surface area contributed by atoms with Gasteiger partial charge in [-0.05, 0) is 67.6 Å². The summed E-state index contributed by atoms with van der Waals surface area (Å²) in [7, 11) is 1.53. The molecule has 3 heterocycles.